The van der Waals surface area contributed by atoms with Crippen molar-refractivity contribution < 1.29 is 0 Å². The highest BCUT2D eigenvalue weighted by Gasteiger charge is 2.36. The number of aryl methyl sites for hydroxylation is 2. The van der Waals surface area contributed by atoms with E-state index in [1.807, 2.05) is 0 Å². The summed E-state index contributed by atoms with van der Waals surface area (Å²) < 4.78 is 2.15. The van der Waals surface area contributed by atoms with E-state index < -0.39 is 0 Å². The lowest BCUT2D eigenvalue weighted by molar-refractivity contribution is 0.297. The van der Waals surface area contributed by atoms with Crippen molar-refractivity contribution in [2.24, 2.45) is 0 Å². The van der Waals surface area contributed by atoms with E-state index in [4.69, 9.17) is 0 Å². The first-order chi connectivity index (χ1) is 9.31. The van der Waals surface area contributed by atoms with Crippen molar-refractivity contribution in [3.05, 3.63) is 17.5 Å². The van der Waals surface area contributed by atoms with Crippen LogP contribution in [0.25, 0.3) is 0 Å². The molecule has 2 unspecified atom stereocenters. The molecular weight excluding hydrogens is 236 g/mol. The van der Waals surface area contributed by atoms with Crippen molar-refractivity contribution in [2.75, 3.05) is 13.1 Å². The molecule has 3 heterocycles. The molecule has 4 heteroatoms. The number of nitrogens with zero attached hydrogens (tertiary/aromatic N) is 3. The van der Waals surface area contributed by atoms with Gasteiger partial charge in [0.05, 0.1) is 11.4 Å². The van der Waals surface area contributed by atoms with Gasteiger partial charge in [-0.1, -0.05) is 6.92 Å². The van der Waals surface area contributed by atoms with Crippen LogP contribution >= 0.6 is 0 Å². The largest absolute Gasteiger partial charge is 0.307 e. The molecule has 4 nitrogen and oxygen atoms in total. The first-order valence-electron chi connectivity index (χ1n) is 7.84. The maximum Gasteiger partial charge on any atom is 0.0625 e. The average molecular weight is 262 g/mol. The van der Waals surface area contributed by atoms with Crippen LogP contribution in [-0.2, 0) is 19.5 Å². The number of aromatic nitrogens is 2. The van der Waals surface area contributed by atoms with Gasteiger partial charge in [0.2, 0.25) is 0 Å². The highest BCUT2D eigenvalue weighted by atomic mass is 15.3. The molecule has 1 aromatic rings. The second-order valence-corrected chi connectivity index (χ2v) is 5.82. The first-order valence-corrected chi connectivity index (χ1v) is 7.84. The van der Waals surface area contributed by atoms with Crippen LogP contribution in [-0.4, -0.2) is 39.9 Å². The third-order valence-corrected chi connectivity index (χ3v) is 4.73. The van der Waals surface area contributed by atoms with Gasteiger partial charge in [-0.25, -0.2) is 0 Å². The fourth-order valence-corrected chi connectivity index (χ4v) is 3.66. The second kappa shape index (κ2) is 5.63. The van der Waals surface area contributed by atoms with Crippen LogP contribution in [0.4, 0.5) is 0 Å². The number of rotatable bonds is 5. The van der Waals surface area contributed by atoms with E-state index in [0.717, 1.165) is 25.6 Å². The molecule has 2 saturated heterocycles. The van der Waals surface area contributed by atoms with E-state index in [9.17, 15) is 0 Å². The molecule has 2 aliphatic heterocycles. The molecule has 1 N–H and O–H groups in total. The monoisotopic (exact) mass is 262 g/mol. The molecule has 0 aromatic carbocycles. The zero-order valence-corrected chi connectivity index (χ0v) is 12.2. The Kier molecular flexibility index (Phi) is 3.89. The SMILES string of the molecule is CCc1cc(CNC2CCN3CCCC23)n(CC)n1. The van der Waals surface area contributed by atoms with Crippen molar-refractivity contribution in [2.45, 2.75) is 64.7 Å². The topological polar surface area (TPSA) is 33.1 Å². The summed E-state index contributed by atoms with van der Waals surface area (Å²) >= 11 is 0. The summed E-state index contributed by atoms with van der Waals surface area (Å²) in [4.78, 5) is 2.66. The Morgan fingerprint density at radius 2 is 2.21 bits per heavy atom. The van der Waals surface area contributed by atoms with Gasteiger partial charge in [0.1, 0.15) is 0 Å². The standard InChI is InChI=1S/C15H26N4/c1-3-12-10-13(19(4-2)17-12)11-16-14-7-9-18-8-5-6-15(14)18/h10,14-16H,3-9,11H2,1-2H3. The van der Waals surface area contributed by atoms with Gasteiger partial charge in [0, 0.05) is 31.7 Å². The smallest absolute Gasteiger partial charge is 0.0625 e. The number of hydrogen-bond acceptors (Lipinski definition) is 3. The van der Waals surface area contributed by atoms with Crippen LogP contribution in [0.2, 0.25) is 0 Å². The van der Waals surface area contributed by atoms with Gasteiger partial charge in [0.25, 0.3) is 0 Å². The maximum absolute atomic E-state index is 4.63. The molecule has 0 radical (unpaired) electrons. The summed E-state index contributed by atoms with van der Waals surface area (Å²) in [5.74, 6) is 0. The molecule has 0 saturated carbocycles. The zero-order valence-electron chi connectivity index (χ0n) is 12.2. The number of nitrogens with one attached hydrogen (secondary N) is 1. The second-order valence-electron chi connectivity index (χ2n) is 5.82. The Labute approximate surface area is 116 Å². The molecule has 2 aliphatic rings. The lowest BCUT2D eigenvalue weighted by Gasteiger charge is -2.21. The Morgan fingerprint density at radius 3 is 3.00 bits per heavy atom. The fraction of sp³-hybridized carbons (Fsp3) is 0.800. The van der Waals surface area contributed by atoms with Gasteiger partial charge in [-0.3, -0.25) is 9.58 Å². The quantitative estimate of drug-likeness (QED) is 0.878. The van der Waals surface area contributed by atoms with E-state index in [0.29, 0.717) is 6.04 Å². The highest BCUT2D eigenvalue weighted by molar-refractivity contribution is 5.11. The summed E-state index contributed by atoms with van der Waals surface area (Å²) in [7, 11) is 0. The molecule has 0 aliphatic carbocycles. The lowest BCUT2D eigenvalue weighted by Crippen LogP contribution is -2.39. The van der Waals surface area contributed by atoms with Crippen molar-refractivity contribution in [1.82, 2.24) is 20.0 Å². The minimum Gasteiger partial charge on any atom is -0.307 e. The van der Waals surface area contributed by atoms with Gasteiger partial charge in [-0.05, 0) is 45.2 Å². The summed E-state index contributed by atoms with van der Waals surface area (Å²) in [5.41, 5.74) is 2.56. The van der Waals surface area contributed by atoms with E-state index in [1.165, 1.54) is 43.7 Å². The molecule has 2 fully saturated rings. The minimum atomic E-state index is 0.688. The Balaban J connectivity index is 1.61. The van der Waals surface area contributed by atoms with Crippen LogP contribution in [0.1, 0.15) is 44.5 Å². The highest BCUT2D eigenvalue weighted by Crippen LogP contribution is 2.28. The van der Waals surface area contributed by atoms with Crippen LogP contribution in [0.5, 0.6) is 0 Å². The number of hydrogen-bond donors (Lipinski definition) is 1. The van der Waals surface area contributed by atoms with E-state index in [1.54, 1.807) is 0 Å². The van der Waals surface area contributed by atoms with E-state index in [-0.39, 0.29) is 0 Å². The fourth-order valence-electron chi connectivity index (χ4n) is 3.66. The Bertz CT molecular complexity index is 426. The van der Waals surface area contributed by atoms with Crippen molar-refractivity contribution in [3.8, 4) is 0 Å². The molecule has 0 amide bonds. The number of fused-ring (bicyclic) bond motifs is 1. The van der Waals surface area contributed by atoms with Crippen LogP contribution in [0.3, 0.4) is 0 Å². The summed E-state index contributed by atoms with van der Waals surface area (Å²) in [6.45, 7) is 8.88. The molecule has 106 valence electrons. The molecular formula is C15H26N4. The minimum absolute atomic E-state index is 0.688. The van der Waals surface area contributed by atoms with E-state index >= 15 is 0 Å². The molecule has 19 heavy (non-hydrogen) atoms. The normalized spacial score (nSPS) is 27.1. The predicted molar refractivity (Wildman–Crippen MR) is 77.1 cm³/mol. The summed E-state index contributed by atoms with van der Waals surface area (Å²) in [5, 5.41) is 8.40. The first kappa shape index (κ1) is 13.1. The third-order valence-electron chi connectivity index (χ3n) is 4.73. The van der Waals surface area contributed by atoms with Crippen LogP contribution in [0.15, 0.2) is 6.07 Å². The molecule has 3 rings (SSSR count). The van der Waals surface area contributed by atoms with Crippen LogP contribution < -0.4 is 5.32 Å². The van der Waals surface area contributed by atoms with Crippen molar-refractivity contribution >= 4 is 0 Å². The Hall–Kier alpha value is -0.870. The third kappa shape index (κ3) is 2.56. The predicted octanol–water partition coefficient (Wildman–Crippen LogP) is 1.79. The maximum atomic E-state index is 4.63. The van der Waals surface area contributed by atoms with Gasteiger partial charge in [-0.15, -0.1) is 0 Å². The van der Waals surface area contributed by atoms with Crippen LogP contribution in [0, 0.1) is 0 Å². The van der Waals surface area contributed by atoms with Gasteiger partial charge >= 0.3 is 0 Å². The Morgan fingerprint density at radius 1 is 1.32 bits per heavy atom. The van der Waals surface area contributed by atoms with Gasteiger partial charge < -0.3 is 5.32 Å². The average Bonchev–Trinajstić information content (AvgIpc) is 3.11. The molecule has 0 spiro atoms. The molecule has 0 bridgehead atoms. The summed E-state index contributed by atoms with van der Waals surface area (Å²) in [6.07, 6.45) is 5.10. The van der Waals surface area contributed by atoms with Crippen molar-refractivity contribution in [3.63, 3.8) is 0 Å². The van der Waals surface area contributed by atoms with Crippen molar-refractivity contribution in [1.29, 1.82) is 0 Å². The van der Waals surface area contributed by atoms with E-state index in [2.05, 4.69) is 39.9 Å². The molecule has 1 aromatic heterocycles. The lowest BCUT2D eigenvalue weighted by atomic mass is 10.1. The zero-order chi connectivity index (χ0) is 13.2. The van der Waals surface area contributed by atoms with Gasteiger partial charge in [-0.2, -0.15) is 5.10 Å². The summed E-state index contributed by atoms with van der Waals surface area (Å²) in [6, 6.07) is 3.74. The van der Waals surface area contributed by atoms with Gasteiger partial charge in [0.15, 0.2) is 0 Å². The molecule has 2 atom stereocenters.